The van der Waals surface area contributed by atoms with E-state index in [1.54, 1.807) is 7.11 Å². The molecule has 0 saturated heterocycles. The molecule has 3 nitrogen and oxygen atoms in total. The highest BCUT2D eigenvalue weighted by Crippen LogP contribution is 2.29. The van der Waals surface area contributed by atoms with Gasteiger partial charge >= 0.3 is 0 Å². The van der Waals surface area contributed by atoms with Gasteiger partial charge in [-0.05, 0) is 64.3 Å². The minimum atomic E-state index is 0.160. The van der Waals surface area contributed by atoms with Gasteiger partial charge in [-0.15, -0.1) is 0 Å². The van der Waals surface area contributed by atoms with Crippen LogP contribution in [0.2, 0.25) is 0 Å². The van der Waals surface area contributed by atoms with Crippen molar-refractivity contribution >= 4 is 0 Å². The number of rotatable bonds is 9. The van der Waals surface area contributed by atoms with Crippen molar-refractivity contribution < 1.29 is 9.47 Å². The molecule has 0 aliphatic carbocycles. The molecule has 1 rings (SSSR count). The van der Waals surface area contributed by atoms with Gasteiger partial charge in [0.1, 0.15) is 0 Å². The van der Waals surface area contributed by atoms with E-state index in [2.05, 4.69) is 31.3 Å². The molecule has 0 heterocycles. The second-order valence-corrected chi connectivity index (χ2v) is 5.55. The molecule has 1 unspecified atom stereocenters. The number of methoxy groups -OCH3 is 1. The Kier molecular flexibility index (Phi) is 7.45. The van der Waals surface area contributed by atoms with Crippen LogP contribution in [0.15, 0.2) is 18.2 Å². The zero-order chi connectivity index (χ0) is 15.0. The fourth-order valence-electron chi connectivity index (χ4n) is 2.09. The highest BCUT2D eigenvalue weighted by atomic mass is 16.5. The van der Waals surface area contributed by atoms with Crippen molar-refractivity contribution in [2.45, 2.75) is 59.1 Å². The Balaban J connectivity index is 2.59. The van der Waals surface area contributed by atoms with E-state index in [1.807, 2.05) is 19.9 Å². The van der Waals surface area contributed by atoms with Crippen LogP contribution in [0.4, 0.5) is 0 Å². The average molecular weight is 279 g/mol. The van der Waals surface area contributed by atoms with Gasteiger partial charge in [-0.2, -0.15) is 0 Å². The molecule has 1 atom stereocenters. The minimum absolute atomic E-state index is 0.160. The van der Waals surface area contributed by atoms with Crippen molar-refractivity contribution in [3.63, 3.8) is 0 Å². The van der Waals surface area contributed by atoms with E-state index in [4.69, 9.17) is 9.47 Å². The van der Waals surface area contributed by atoms with E-state index in [1.165, 1.54) is 12.0 Å². The van der Waals surface area contributed by atoms with Gasteiger partial charge in [-0.1, -0.05) is 13.0 Å². The maximum atomic E-state index is 5.73. The Hall–Kier alpha value is -1.22. The van der Waals surface area contributed by atoms with Crippen molar-refractivity contribution in [1.29, 1.82) is 0 Å². The summed E-state index contributed by atoms with van der Waals surface area (Å²) in [6, 6.07) is 6.78. The predicted octanol–water partition coefficient (Wildman–Crippen LogP) is 3.80. The van der Waals surface area contributed by atoms with Crippen LogP contribution in [0.5, 0.6) is 11.5 Å². The number of aryl methyl sites for hydroxylation is 1. The van der Waals surface area contributed by atoms with E-state index in [9.17, 15) is 0 Å². The van der Waals surface area contributed by atoms with Gasteiger partial charge in [0.15, 0.2) is 11.5 Å². The molecular formula is C17H29NO2. The third-order valence-electron chi connectivity index (χ3n) is 3.20. The van der Waals surface area contributed by atoms with Gasteiger partial charge in [0, 0.05) is 6.04 Å². The monoisotopic (exact) mass is 279 g/mol. The third-order valence-corrected chi connectivity index (χ3v) is 3.20. The Morgan fingerprint density at radius 3 is 2.50 bits per heavy atom. The van der Waals surface area contributed by atoms with Crippen LogP contribution >= 0.6 is 0 Å². The zero-order valence-corrected chi connectivity index (χ0v) is 13.5. The number of ether oxygens (including phenoxy) is 2. The van der Waals surface area contributed by atoms with Crippen LogP contribution in [0.3, 0.4) is 0 Å². The van der Waals surface area contributed by atoms with Gasteiger partial charge in [0.25, 0.3) is 0 Å². The molecule has 3 heteroatoms. The summed E-state index contributed by atoms with van der Waals surface area (Å²) in [5.41, 5.74) is 1.29. The minimum Gasteiger partial charge on any atom is -0.493 e. The standard InChI is InChI=1S/C17H29NO2/c1-6-11-18-14(4)7-8-15-9-10-16(20-13(2)3)17(12-15)19-5/h9-10,12-14,18H,6-8,11H2,1-5H3. The number of hydrogen-bond acceptors (Lipinski definition) is 3. The molecule has 1 aromatic rings. The van der Waals surface area contributed by atoms with Crippen LogP contribution < -0.4 is 14.8 Å². The second kappa shape index (κ2) is 8.85. The van der Waals surface area contributed by atoms with Crippen LogP contribution in [0.1, 0.15) is 46.1 Å². The fraction of sp³-hybridized carbons (Fsp3) is 0.647. The quantitative estimate of drug-likeness (QED) is 0.745. The van der Waals surface area contributed by atoms with Crippen molar-refractivity contribution in [3.05, 3.63) is 23.8 Å². The Morgan fingerprint density at radius 1 is 1.15 bits per heavy atom. The Morgan fingerprint density at radius 2 is 1.90 bits per heavy atom. The normalized spacial score (nSPS) is 12.5. The summed E-state index contributed by atoms with van der Waals surface area (Å²) in [6.45, 7) is 9.57. The number of hydrogen-bond donors (Lipinski definition) is 1. The van der Waals surface area contributed by atoms with E-state index >= 15 is 0 Å². The number of nitrogens with one attached hydrogen (secondary N) is 1. The molecule has 0 spiro atoms. The molecule has 0 amide bonds. The lowest BCUT2D eigenvalue weighted by molar-refractivity contribution is 0.230. The van der Waals surface area contributed by atoms with Gasteiger partial charge in [-0.25, -0.2) is 0 Å². The molecule has 0 aromatic heterocycles. The SMILES string of the molecule is CCCNC(C)CCc1ccc(OC(C)C)c(OC)c1. The van der Waals surface area contributed by atoms with Crippen LogP contribution in [-0.4, -0.2) is 25.8 Å². The summed E-state index contributed by atoms with van der Waals surface area (Å²) in [5.74, 6) is 1.65. The lowest BCUT2D eigenvalue weighted by Crippen LogP contribution is -2.27. The van der Waals surface area contributed by atoms with Crippen LogP contribution in [-0.2, 0) is 6.42 Å². The van der Waals surface area contributed by atoms with Crippen molar-refractivity contribution in [1.82, 2.24) is 5.32 Å². The smallest absolute Gasteiger partial charge is 0.161 e. The summed E-state index contributed by atoms with van der Waals surface area (Å²) in [6.07, 6.45) is 3.52. The lowest BCUT2D eigenvalue weighted by Gasteiger charge is -2.16. The maximum absolute atomic E-state index is 5.73. The summed E-state index contributed by atoms with van der Waals surface area (Å²) in [7, 11) is 1.69. The Bertz CT molecular complexity index is 391. The highest BCUT2D eigenvalue weighted by molar-refractivity contribution is 5.43. The zero-order valence-electron chi connectivity index (χ0n) is 13.5. The lowest BCUT2D eigenvalue weighted by atomic mass is 10.1. The molecule has 0 bridgehead atoms. The molecule has 0 saturated carbocycles. The molecular weight excluding hydrogens is 250 g/mol. The summed E-state index contributed by atoms with van der Waals surface area (Å²) in [5, 5.41) is 3.51. The van der Waals surface area contributed by atoms with E-state index in [0.717, 1.165) is 30.9 Å². The predicted molar refractivity (Wildman–Crippen MR) is 84.8 cm³/mol. The maximum Gasteiger partial charge on any atom is 0.161 e. The topological polar surface area (TPSA) is 30.5 Å². The molecule has 20 heavy (non-hydrogen) atoms. The summed E-state index contributed by atoms with van der Waals surface area (Å²) >= 11 is 0. The van der Waals surface area contributed by atoms with Crippen molar-refractivity contribution in [2.75, 3.05) is 13.7 Å². The molecule has 0 radical (unpaired) electrons. The van der Waals surface area contributed by atoms with Gasteiger partial charge < -0.3 is 14.8 Å². The largest absolute Gasteiger partial charge is 0.493 e. The van der Waals surface area contributed by atoms with Gasteiger partial charge in [0.05, 0.1) is 13.2 Å². The third kappa shape index (κ3) is 5.83. The first-order chi connectivity index (χ1) is 9.56. The molecule has 114 valence electrons. The van der Waals surface area contributed by atoms with Gasteiger partial charge in [0.2, 0.25) is 0 Å². The summed E-state index contributed by atoms with van der Waals surface area (Å²) < 4.78 is 11.2. The second-order valence-electron chi connectivity index (χ2n) is 5.55. The van der Waals surface area contributed by atoms with E-state index in [-0.39, 0.29) is 6.10 Å². The van der Waals surface area contributed by atoms with Crippen LogP contribution in [0, 0.1) is 0 Å². The first-order valence-corrected chi connectivity index (χ1v) is 7.63. The first kappa shape index (κ1) is 16.8. The molecule has 1 N–H and O–H groups in total. The molecule has 0 fully saturated rings. The molecule has 0 aliphatic heterocycles. The summed E-state index contributed by atoms with van der Waals surface area (Å²) in [4.78, 5) is 0. The fourth-order valence-corrected chi connectivity index (χ4v) is 2.09. The highest BCUT2D eigenvalue weighted by Gasteiger charge is 2.08. The van der Waals surface area contributed by atoms with Gasteiger partial charge in [-0.3, -0.25) is 0 Å². The van der Waals surface area contributed by atoms with E-state index < -0.39 is 0 Å². The van der Waals surface area contributed by atoms with Crippen molar-refractivity contribution in [2.24, 2.45) is 0 Å². The number of benzene rings is 1. The van der Waals surface area contributed by atoms with Crippen molar-refractivity contribution in [3.8, 4) is 11.5 Å². The molecule has 1 aromatic carbocycles. The average Bonchev–Trinajstić information content (AvgIpc) is 2.43. The Labute approximate surface area is 123 Å². The van der Waals surface area contributed by atoms with E-state index in [0.29, 0.717) is 6.04 Å². The first-order valence-electron chi connectivity index (χ1n) is 7.63. The molecule has 0 aliphatic rings. The van der Waals surface area contributed by atoms with Crippen LogP contribution in [0.25, 0.3) is 0 Å².